The predicted molar refractivity (Wildman–Crippen MR) is 106 cm³/mol. The summed E-state index contributed by atoms with van der Waals surface area (Å²) < 4.78 is 15.8. The molecule has 0 saturated heterocycles. The van der Waals surface area contributed by atoms with Crippen LogP contribution in [0, 0.1) is 15.9 Å². The second kappa shape index (κ2) is 6.87. The van der Waals surface area contributed by atoms with E-state index in [1.165, 1.54) is 16.8 Å². The van der Waals surface area contributed by atoms with Crippen molar-refractivity contribution in [3.63, 3.8) is 0 Å². The second-order valence-corrected chi connectivity index (χ2v) is 7.20. The molecule has 2 aliphatic rings. The molecule has 0 radical (unpaired) electrons. The highest BCUT2D eigenvalue weighted by Gasteiger charge is 2.39. The molecular weight excluding hydrogens is 389 g/mol. The Morgan fingerprint density at radius 3 is 2.70 bits per heavy atom. The van der Waals surface area contributed by atoms with Crippen molar-refractivity contribution in [1.29, 1.82) is 0 Å². The molecule has 0 bridgehead atoms. The summed E-state index contributed by atoms with van der Waals surface area (Å²) in [6, 6.07) is 11.6. The van der Waals surface area contributed by atoms with Crippen molar-refractivity contribution in [3.8, 4) is 11.4 Å². The molecule has 0 fully saturated rings. The fraction of sp³-hybridized carbons (Fsp3) is 0.190. The normalized spacial score (nSPS) is 17.9. The molecule has 1 aliphatic carbocycles. The highest BCUT2D eigenvalue weighted by Crippen LogP contribution is 2.43. The van der Waals surface area contributed by atoms with E-state index in [0.717, 1.165) is 0 Å². The largest absolute Gasteiger partial charge is 0.328 e. The van der Waals surface area contributed by atoms with Crippen LogP contribution in [-0.2, 0) is 4.79 Å². The molecule has 3 aromatic rings. The Morgan fingerprint density at radius 1 is 1.13 bits per heavy atom. The fourth-order valence-corrected chi connectivity index (χ4v) is 4.09. The summed E-state index contributed by atoms with van der Waals surface area (Å²) in [6.07, 6.45) is 1.67. The number of carbonyl (C=O) groups excluding carboxylic acids is 1. The topological polar surface area (TPSA) is 103 Å². The van der Waals surface area contributed by atoms with E-state index in [2.05, 4.69) is 15.4 Å². The molecule has 1 unspecified atom stereocenters. The summed E-state index contributed by atoms with van der Waals surface area (Å²) >= 11 is 0. The molecule has 9 heteroatoms. The minimum atomic E-state index is -0.807. The number of nitrogens with zero attached hydrogens (tertiary/aromatic N) is 4. The summed E-state index contributed by atoms with van der Waals surface area (Å²) in [7, 11) is 0. The fourth-order valence-electron chi connectivity index (χ4n) is 4.09. The maximum atomic E-state index is 14.3. The van der Waals surface area contributed by atoms with Crippen LogP contribution in [0.5, 0.6) is 0 Å². The van der Waals surface area contributed by atoms with E-state index >= 15 is 0 Å². The van der Waals surface area contributed by atoms with Crippen molar-refractivity contribution in [1.82, 2.24) is 14.8 Å². The van der Waals surface area contributed by atoms with Crippen LogP contribution in [0.3, 0.4) is 0 Å². The minimum absolute atomic E-state index is 0.0829. The lowest BCUT2D eigenvalue weighted by Gasteiger charge is -2.31. The van der Waals surface area contributed by atoms with Crippen LogP contribution in [0.15, 0.2) is 59.8 Å². The molecule has 8 nitrogen and oxygen atoms in total. The summed E-state index contributed by atoms with van der Waals surface area (Å²) in [5, 5.41) is 19.3. The molecule has 2 aromatic carbocycles. The summed E-state index contributed by atoms with van der Waals surface area (Å²) in [6.45, 7) is 0. The van der Waals surface area contributed by atoms with E-state index in [9.17, 15) is 19.3 Å². The lowest BCUT2D eigenvalue weighted by Crippen LogP contribution is -2.31. The molecular formula is C21H16FN5O3. The third-order valence-corrected chi connectivity index (χ3v) is 5.41. The molecule has 150 valence electrons. The van der Waals surface area contributed by atoms with Crippen molar-refractivity contribution in [2.45, 2.75) is 25.3 Å². The van der Waals surface area contributed by atoms with Gasteiger partial charge in [0.15, 0.2) is 11.6 Å². The lowest BCUT2D eigenvalue weighted by molar-refractivity contribution is -0.385. The van der Waals surface area contributed by atoms with E-state index < -0.39 is 16.8 Å². The zero-order valence-corrected chi connectivity index (χ0v) is 15.7. The number of para-hydroxylation sites is 1. The van der Waals surface area contributed by atoms with Gasteiger partial charge < -0.3 is 5.32 Å². The van der Waals surface area contributed by atoms with E-state index in [1.807, 2.05) is 0 Å². The Hall–Kier alpha value is -3.88. The number of hydrogen-bond acceptors (Lipinski definition) is 6. The number of Topliss-reactive ketones (excluding diaryl/α,β-unsaturated/α-hetero) is 1. The van der Waals surface area contributed by atoms with Crippen LogP contribution in [0.4, 0.5) is 16.0 Å². The number of halogens is 1. The van der Waals surface area contributed by atoms with Crippen LogP contribution in [0.2, 0.25) is 0 Å². The average Bonchev–Trinajstić information content (AvgIpc) is 3.16. The van der Waals surface area contributed by atoms with Gasteiger partial charge in [0.2, 0.25) is 5.95 Å². The Labute approximate surface area is 170 Å². The van der Waals surface area contributed by atoms with Crippen LogP contribution in [-0.4, -0.2) is 25.5 Å². The van der Waals surface area contributed by atoms with E-state index in [-0.39, 0.29) is 22.9 Å². The first kappa shape index (κ1) is 18.2. The van der Waals surface area contributed by atoms with Gasteiger partial charge in [-0.05, 0) is 31.0 Å². The number of carbonyl (C=O) groups is 1. The predicted octanol–water partition coefficient (Wildman–Crippen LogP) is 4.01. The van der Waals surface area contributed by atoms with Crippen LogP contribution >= 0.6 is 0 Å². The van der Waals surface area contributed by atoms with Gasteiger partial charge in [-0.1, -0.05) is 24.3 Å². The van der Waals surface area contributed by atoms with Crippen molar-refractivity contribution in [2.24, 2.45) is 0 Å². The third-order valence-electron chi connectivity index (χ3n) is 5.41. The van der Waals surface area contributed by atoms with Gasteiger partial charge in [0.05, 0.1) is 16.1 Å². The first-order valence-electron chi connectivity index (χ1n) is 9.52. The molecule has 1 N–H and O–H groups in total. The Morgan fingerprint density at radius 2 is 1.90 bits per heavy atom. The number of nitro groups is 1. The first-order chi connectivity index (χ1) is 14.5. The number of nitro benzene ring substituents is 1. The van der Waals surface area contributed by atoms with Crippen LogP contribution < -0.4 is 5.32 Å². The standard InChI is InChI=1S/C21H16FN5O3/c22-14-8-3-1-6-12(14)20-24-21-23-15-9-5-11-17(28)18(15)19(26(21)25-20)13-7-2-4-10-16(13)27(29)30/h1-4,6-8,10,19H,5,9,11H2,(H,23,24,25). The van der Waals surface area contributed by atoms with Crippen LogP contribution in [0.1, 0.15) is 30.9 Å². The average molecular weight is 405 g/mol. The summed E-state index contributed by atoms with van der Waals surface area (Å²) in [5.41, 5.74) is 1.59. The first-order valence-corrected chi connectivity index (χ1v) is 9.52. The number of hydrogen-bond donors (Lipinski definition) is 1. The van der Waals surface area contributed by atoms with Gasteiger partial charge in [-0.3, -0.25) is 14.9 Å². The smallest absolute Gasteiger partial charge is 0.275 e. The monoisotopic (exact) mass is 405 g/mol. The van der Waals surface area contributed by atoms with Gasteiger partial charge in [-0.25, -0.2) is 9.07 Å². The molecule has 0 saturated carbocycles. The number of fused-ring (bicyclic) bond motifs is 1. The van der Waals surface area contributed by atoms with E-state index in [0.29, 0.717) is 42.0 Å². The van der Waals surface area contributed by atoms with Crippen molar-refractivity contribution in [2.75, 3.05) is 5.32 Å². The Bertz CT molecular complexity index is 1230. The number of anilines is 1. The molecule has 1 atom stereocenters. The number of allylic oxidation sites excluding steroid dienone is 2. The molecule has 2 heterocycles. The SMILES string of the molecule is O=C1CCCC2=C1C(c1ccccc1[N+](=O)[O-])n1nc(-c3ccccc3F)nc1N2. The number of ketones is 1. The molecule has 1 aliphatic heterocycles. The molecule has 1 aromatic heterocycles. The van der Waals surface area contributed by atoms with E-state index in [4.69, 9.17) is 0 Å². The molecule has 5 rings (SSSR count). The molecule has 0 amide bonds. The van der Waals surface area contributed by atoms with Gasteiger partial charge in [0, 0.05) is 23.8 Å². The van der Waals surface area contributed by atoms with Gasteiger partial charge >= 0.3 is 0 Å². The third kappa shape index (κ3) is 2.78. The molecule has 0 spiro atoms. The summed E-state index contributed by atoms with van der Waals surface area (Å²) in [4.78, 5) is 28.5. The van der Waals surface area contributed by atoms with Gasteiger partial charge in [0.25, 0.3) is 5.69 Å². The van der Waals surface area contributed by atoms with Gasteiger partial charge in [0.1, 0.15) is 11.9 Å². The number of aromatic nitrogens is 3. The van der Waals surface area contributed by atoms with Gasteiger partial charge in [-0.15, -0.1) is 5.10 Å². The van der Waals surface area contributed by atoms with Crippen molar-refractivity contribution < 1.29 is 14.1 Å². The zero-order chi connectivity index (χ0) is 20.8. The Balaban J connectivity index is 1.74. The molecule has 30 heavy (non-hydrogen) atoms. The van der Waals surface area contributed by atoms with Crippen LogP contribution in [0.25, 0.3) is 11.4 Å². The maximum absolute atomic E-state index is 14.3. The number of benzene rings is 2. The quantitative estimate of drug-likeness (QED) is 0.522. The second-order valence-electron chi connectivity index (χ2n) is 7.20. The summed E-state index contributed by atoms with van der Waals surface area (Å²) in [5.74, 6) is -0.0895. The Kier molecular flexibility index (Phi) is 4.16. The highest BCUT2D eigenvalue weighted by molar-refractivity contribution is 5.99. The zero-order valence-electron chi connectivity index (χ0n) is 15.7. The number of rotatable bonds is 3. The van der Waals surface area contributed by atoms with Crippen molar-refractivity contribution in [3.05, 3.63) is 81.3 Å². The van der Waals surface area contributed by atoms with Gasteiger partial charge in [-0.2, -0.15) is 4.98 Å². The minimum Gasteiger partial charge on any atom is -0.328 e. The lowest BCUT2D eigenvalue weighted by atomic mass is 9.85. The number of nitrogens with one attached hydrogen (secondary N) is 1. The highest BCUT2D eigenvalue weighted by atomic mass is 19.1. The van der Waals surface area contributed by atoms with Crippen molar-refractivity contribution >= 4 is 17.4 Å². The maximum Gasteiger partial charge on any atom is 0.275 e. The van der Waals surface area contributed by atoms with E-state index in [1.54, 1.807) is 36.4 Å².